The summed E-state index contributed by atoms with van der Waals surface area (Å²) in [5.74, 6) is -0.0418. The SMILES string of the molecule is COCC(C)NC(=O)CNCCC(C)S(C)=O. The van der Waals surface area contributed by atoms with Gasteiger partial charge in [0.1, 0.15) is 0 Å². The summed E-state index contributed by atoms with van der Waals surface area (Å²) < 4.78 is 16.0. The molecule has 0 saturated heterocycles. The average Bonchev–Trinajstić information content (AvgIpc) is 2.24. The first-order chi connectivity index (χ1) is 7.97. The number of methoxy groups -OCH3 is 1. The summed E-state index contributed by atoms with van der Waals surface area (Å²) in [6.45, 7) is 5.34. The Hall–Kier alpha value is -0.460. The van der Waals surface area contributed by atoms with Crippen molar-refractivity contribution in [1.82, 2.24) is 10.6 Å². The Kier molecular flexibility index (Phi) is 9.30. The standard InChI is InChI=1S/C11H24N2O3S/c1-9(8-16-3)13-11(14)7-12-6-5-10(2)17(4)15/h9-10,12H,5-8H2,1-4H3,(H,13,14). The number of carbonyl (C=O) groups is 1. The first-order valence-corrected chi connectivity index (χ1v) is 7.40. The molecule has 6 heteroatoms. The van der Waals surface area contributed by atoms with Crippen LogP contribution in [-0.4, -0.2) is 54.5 Å². The van der Waals surface area contributed by atoms with Crippen molar-refractivity contribution in [2.24, 2.45) is 0 Å². The van der Waals surface area contributed by atoms with Gasteiger partial charge in [0, 0.05) is 35.5 Å². The molecule has 0 rings (SSSR count). The topological polar surface area (TPSA) is 67.4 Å². The molecular formula is C11H24N2O3S. The summed E-state index contributed by atoms with van der Waals surface area (Å²) in [7, 11) is 0.811. The van der Waals surface area contributed by atoms with Crippen LogP contribution < -0.4 is 10.6 Å². The van der Waals surface area contributed by atoms with Crippen LogP contribution in [-0.2, 0) is 20.3 Å². The summed E-state index contributed by atoms with van der Waals surface area (Å²) in [6, 6.07) is 0.0244. The van der Waals surface area contributed by atoms with Gasteiger partial charge in [0.05, 0.1) is 13.2 Å². The monoisotopic (exact) mass is 264 g/mol. The number of nitrogens with one attached hydrogen (secondary N) is 2. The molecule has 2 N–H and O–H groups in total. The van der Waals surface area contributed by atoms with Crippen LogP contribution in [0.1, 0.15) is 20.3 Å². The van der Waals surface area contributed by atoms with E-state index in [1.165, 1.54) is 0 Å². The van der Waals surface area contributed by atoms with E-state index in [9.17, 15) is 9.00 Å². The molecule has 0 aliphatic rings. The third kappa shape index (κ3) is 9.26. The minimum absolute atomic E-state index is 0.0244. The third-order valence-corrected chi connectivity index (χ3v) is 3.77. The van der Waals surface area contributed by atoms with Crippen molar-refractivity contribution in [3.63, 3.8) is 0 Å². The van der Waals surface area contributed by atoms with Gasteiger partial charge in [0.2, 0.25) is 5.91 Å². The van der Waals surface area contributed by atoms with Crippen LogP contribution in [0.25, 0.3) is 0 Å². The summed E-state index contributed by atoms with van der Waals surface area (Å²) in [5.41, 5.74) is 0. The Morgan fingerprint density at radius 1 is 1.41 bits per heavy atom. The molecule has 3 atom stereocenters. The van der Waals surface area contributed by atoms with Crippen molar-refractivity contribution in [1.29, 1.82) is 0 Å². The highest BCUT2D eigenvalue weighted by Gasteiger charge is 2.08. The van der Waals surface area contributed by atoms with Crippen LogP contribution in [0, 0.1) is 0 Å². The summed E-state index contributed by atoms with van der Waals surface area (Å²) in [4.78, 5) is 11.4. The fourth-order valence-corrected chi connectivity index (χ4v) is 1.74. The Bertz CT molecular complexity index is 249. The molecule has 0 bridgehead atoms. The van der Waals surface area contributed by atoms with E-state index in [0.717, 1.165) is 6.42 Å². The first-order valence-electron chi connectivity index (χ1n) is 5.78. The van der Waals surface area contributed by atoms with Gasteiger partial charge in [-0.1, -0.05) is 6.92 Å². The van der Waals surface area contributed by atoms with Gasteiger partial charge in [-0.3, -0.25) is 9.00 Å². The molecule has 0 aliphatic carbocycles. The number of rotatable bonds is 9. The molecule has 0 aromatic carbocycles. The normalized spacial score (nSPS) is 16.2. The maximum absolute atomic E-state index is 11.4. The lowest BCUT2D eigenvalue weighted by atomic mass is 10.3. The van der Waals surface area contributed by atoms with Gasteiger partial charge in [-0.05, 0) is 19.9 Å². The van der Waals surface area contributed by atoms with Crippen LogP contribution in [0.4, 0.5) is 0 Å². The van der Waals surface area contributed by atoms with Gasteiger partial charge in [-0.2, -0.15) is 0 Å². The molecule has 17 heavy (non-hydrogen) atoms. The number of amides is 1. The van der Waals surface area contributed by atoms with Gasteiger partial charge < -0.3 is 15.4 Å². The van der Waals surface area contributed by atoms with Crippen molar-refractivity contribution >= 4 is 16.7 Å². The first kappa shape index (κ1) is 16.5. The van der Waals surface area contributed by atoms with Crippen LogP contribution in [0.15, 0.2) is 0 Å². The zero-order valence-electron chi connectivity index (χ0n) is 11.1. The van der Waals surface area contributed by atoms with Gasteiger partial charge in [0.15, 0.2) is 0 Å². The van der Waals surface area contributed by atoms with E-state index in [1.807, 2.05) is 13.8 Å². The van der Waals surface area contributed by atoms with Crippen molar-refractivity contribution in [3.05, 3.63) is 0 Å². The Morgan fingerprint density at radius 3 is 2.59 bits per heavy atom. The lowest BCUT2D eigenvalue weighted by molar-refractivity contribution is -0.121. The average molecular weight is 264 g/mol. The molecule has 0 saturated carbocycles. The number of carbonyl (C=O) groups excluding carboxylic acids is 1. The molecule has 5 nitrogen and oxygen atoms in total. The molecule has 102 valence electrons. The van der Waals surface area contributed by atoms with E-state index < -0.39 is 10.8 Å². The molecule has 0 aliphatic heterocycles. The lowest BCUT2D eigenvalue weighted by Gasteiger charge is -2.13. The second-order valence-corrected chi connectivity index (χ2v) is 6.00. The smallest absolute Gasteiger partial charge is 0.234 e. The summed E-state index contributed by atoms with van der Waals surface area (Å²) in [5, 5.41) is 6.00. The molecule has 0 heterocycles. The fraction of sp³-hybridized carbons (Fsp3) is 0.909. The summed E-state index contributed by atoms with van der Waals surface area (Å²) in [6.07, 6.45) is 2.51. The Balaban J connectivity index is 3.55. The zero-order chi connectivity index (χ0) is 13.3. The molecule has 0 aromatic rings. The van der Waals surface area contributed by atoms with Crippen LogP contribution >= 0.6 is 0 Å². The Labute approximate surface area is 106 Å². The zero-order valence-corrected chi connectivity index (χ0v) is 11.9. The van der Waals surface area contributed by atoms with Crippen molar-refractivity contribution < 1.29 is 13.7 Å². The molecular weight excluding hydrogens is 240 g/mol. The predicted molar refractivity (Wildman–Crippen MR) is 70.5 cm³/mol. The highest BCUT2D eigenvalue weighted by molar-refractivity contribution is 7.84. The largest absolute Gasteiger partial charge is 0.383 e. The quantitative estimate of drug-likeness (QED) is 0.570. The van der Waals surface area contributed by atoms with Gasteiger partial charge >= 0.3 is 0 Å². The molecule has 0 spiro atoms. The van der Waals surface area contributed by atoms with Crippen molar-refractivity contribution in [3.8, 4) is 0 Å². The van der Waals surface area contributed by atoms with Crippen LogP contribution in [0.5, 0.6) is 0 Å². The van der Waals surface area contributed by atoms with Crippen molar-refractivity contribution in [2.45, 2.75) is 31.6 Å². The van der Waals surface area contributed by atoms with Crippen LogP contribution in [0.2, 0.25) is 0 Å². The van der Waals surface area contributed by atoms with E-state index in [1.54, 1.807) is 13.4 Å². The second-order valence-electron chi connectivity index (χ2n) is 4.20. The van der Waals surface area contributed by atoms with Gasteiger partial charge in [0.25, 0.3) is 0 Å². The molecule has 1 amide bonds. The van der Waals surface area contributed by atoms with E-state index in [4.69, 9.17) is 4.74 Å². The lowest BCUT2D eigenvalue weighted by Crippen LogP contribution is -2.41. The minimum atomic E-state index is -0.793. The second kappa shape index (κ2) is 9.56. The maximum atomic E-state index is 11.4. The number of hydrogen-bond acceptors (Lipinski definition) is 4. The maximum Gasteiger partial charge on any atom is 0.234 e. The summed E-state index contributed by atoms with van der Waals surface area (Å²) >= 11 is 0. The molecule has 0 fully saturated rings. The highest BCUT2D eigenvalue weighted by atomic mass is 32.2. The van der Waals surface area contributed by atoms with Gasteiger partial charge in [-0.15, -0.1) is 0 Å². The fourth-order valence-electron chi connectivity index (χ4n) is 1.29. The Morgan fingerprint density at radius 2 is 2.06 bits per heavy atom. The minimum Gasteiger partial charge on any atom is -0.383 e. The van der Waals surface area contributed by atoms with E-state index in [2.05, 4.69) is 10.6 Å². The number of ether oxygens (including phenoxy) is 1. The molecule has 0 radical (unpaired) electrons. The van der Waals surface area contributed by atoms with Gasteiger partial charge in [-0.25, -0.2) is 0 Å². The van der Waals surface area contributed by atoms with E-state index >= 15 is 0 Å². The molecule has 3 unspecified atom stereocenters. The van der Waals surface area contributed by atoms with E-state index in [-0.39, 0.29) is 23.7 Å². The molecule has 0 aromatic heterocycles. The third-order valence-electron chi connectivity index (χ3n) is 2.40. The number of hydrogen-bond donors (Lipinski definition) is 2. The predicted octanol–water partition coefficient (Wildman–Crippen LogP) is -0.116. The highest BCUT2D eigenvalue weighted by Crippen LogP contribution is 1.96. The van der Waals surface area contributed by atoms with E-state index in [0.29, 0.717) is 13.2 Å². The van der Waals surface area contributed by atoms with Crippen molar-refractivity contribution in [2.75, 3.05) is 33.1 Å². The van der Waals surface area contributed by atoms with Crippen LogP contribution in [0.3, 0.4) is 0 Å².